The van der Waals surface area contributed by atoms with Gasteiger partial charge in [-0.2, -0.15) is 0 Å². The van der Waals surface area contributed by atoms with Crippen LogP contribution in [-0.2, 0) is 28.7 Å². The molecule has 1 aliphatic rings. The maximum absolute atomic E-state index is 11.2. The Hall–Kier alpha value is -2.12. The monoisotopic (exact) mass is 302 g/mol. The lowest BCUT2D eigenvalue weighted by Crippen LogP contribution is -2.36. The van der Waals surface area contributed by atoms with E-state index in [0.29, 0.717) is 0 Å². The van der Waals surface area contributed by atoms with Crippen LogP contribution in [0.4, 0.5) is 0 Å². The highest BCUT2D eigenvalue weighted by molar-refractivity contribution is 5.74. The van der Waals surface area contributed by atoms with Crippen molar-refractivity contribution < 1.29 is 38.9 Å². The van der Waals surface area contributed by atoms with Crippen molar-refractivity contribution in [2.24, 2.45) is 11.8 Å². The van der Waals surface area contributed by atoms with Crippen molar-refractivity contribution >= 4 is 23.9 Å². The van der Waals surface area contributed by atoms with Crippen molar-refractivity contribution in [1.29, 1.82) is 0 Å². The predicted octanol–water partition coefficient (Wildman–Crippen LogP) is 0.435. The van der Waals surface area contributed by atoms with Crippen LogP contribution in [0.3, 0.4) is 0 Å². The van der Waals surface area contributed by atoms with Gasteiger partial charge in [-0.3, -0.25) is 19.2 Å². The minimum atomic E-state index is -1.16. The van der Waals surface area contributed by atoms with Crippen LogP contribution in [0.15, 0.2) is 0 Å². The van der Waals surface area contributed by atoms with Crippen molar-refractivity contribution in [1.82, 2.24) is 0 Å². The van der Waals surface area contributed by atoms with Crippen LogP contribution in [-0.4, -0.2) is 46.3 Å². The lowest BCUT2D eigenvalue weighted by molar-refractivity contribution is -0.168. The smallest absolute Gasteiger partial charge is 0.306 e. The van der Waals surface area contributed by atoms with Gasteiger partial charge in [0.25, 0.3) is 0 Å². The topological polar surface area (TPSA) is 127 Å². The Morgan fingerprint density at radius 2 is 1.10 bits per heavy atom. The Labute approximate surface area is 121 Å². The molecule has 0 bridgehead atoms. The van der Waals surface area contributed by atoms with E-state index in [4.69, 9.17) is 19.7 Å². The fourth-order valence-corrected chi connectivity index (χ4v) is 2.48. The maximum Gasteiger partial charge on any atom is 0.306 e. The van der Waals surface area contributed by atoms with Gasteiger partial charge >= 0.3 is 23.9 Å². The number of rotatable bonds is 4. The van der Waals surface area contributed by atoms with Gasteiger partial charge in [0.15, 0.2) is 0 Å². The maximum atomic E-state index is 11.2. The SMILES string of the molecule is CC(=O)O[C@H]1C[C@@H](C(=O)O)C[C@@H](C(=O)O)C[C@H]1OC(C)=O. The van der Waals surface area contributed by atoms with E-state index in [1.54, 1.807) is 0 Å². The summed E-state index contributed by atoms with van der Waals surface area (Å²) in [6.45, 7) is 2.31. The normalized spacial score (nSPS) is 29.0. The van der Waals surface area contributed by atoms with E-state index in [-0.39, 0.29) is 19.3 Å². The van der Waals surface area contributed by atoms with Crippen molar-refractivity contribution in [3.05, 3.63) is 0 Å². The molecule has 0 radical (unpaired) electrons. The van der Waals surface area contributed by atoms with Crippen LogP contribution in [0.1, 0.15) is 33.1 Å². The molecule has 118 valence electrons. The molecule has 0 aromatic carbocycles. The predicted molar refractivity (Wildman–Crippen MR) is 67.2 cm³/mol. The Morgan fingerprint density at radius 1 is 0.762 bits per heavy atom. The second-order valence-corrected chi connectivity index (χ2v) is 5.07. The van der Waals surface area contributed by atoms with Gasteiger partial charge in [-0.1, -0.05) is 0 Å². The molecule has 0 unspecified atom stereocenters. The molecule has 0 heterocycles. The summed E-state index contributed by atoms with van der Waals surface area (Å²) in [7, 11) is 0. The molecule has 8 heteroatoms. The first-order valence-electron chi connectivity index (χ1n) is 6.50. The number of ether oxygens (including phenoxy) is 2. The first-order chi connectivity index (χ1) is 9.70. The van der Waals surface area contributed by atoms with Crippen molar-refractivity contribution in [2.75, 3.05) is 0 Å². The fourth-order valence-electron chi connectivity index (χ4n) is 2.48. The van der Waals surface area contributed by atoms with Gasteiger partial charge in [-0.25, -0.2) is 0 Å². The fraction of sp³-hybridized carbons (Fsp3) is 0.692. The van der Waals surface area contributed by atoms with E-state index < -0.39 is 47.9 Å². The molecule has 1 fully saturated rings. The van der Waals surface area contributed by atoms with E-state index in [1.807, 2.05) is 0 Å². The summed E-state index contributed by atoms with van der Waals surface area (Å²) in [4.78, 5) is 44.6. The summed E-state index contributed by atoms with van der Waals surface area (Å²) in [6, 6.07) is 0. The largest absolute Gasteiger partial charge is 0.481 e. The Bertz CT molecular complexity index is 403. The number of hydrogen-bond donors (Lipinski definition) is 2. The molecule has 1 rings (SSSR count). The molecule has 0 saturated heterocycles. The molecule has 1 aliphatic carbocycles. The van der Waals surface area contributed by atoms with Gasteiger partial charge in [-0.15, -0.1) is 0 Å². The highest BCUT2D eigenvalue weighted by atomic mass is 16.6. The molecule has 21 heavy (non-hydrogen) atoms. The molecule has 0 aromatic heterocycles. The van der Waals surface area contributed by atoms with Crippen molar-refractivity contribution in [3.63, 3.8) is 0 Å². The number of carbonyl (C=O) groups is 4. The van der Waals surface area contributed by atoms with Crippen LogP contribution >= 0.6 is 0 Å². The summed E-state index contributed by atoms with van der Waals surface area (Å²) in [5, 5.41) is 18.3. The summed E-state index contributed by atoms with van der Waals surface area (Å²) >= 11 is 0. The third-order valence-corrected chi connectivity index (χ3v) is 3.35. The zero-order valence-electron chi connectivity index (χ0n) is 11.8. The number of carboxylic acid groups (broad SMARTS) is 2. The number of carbonyl (C=O) groups excluding carboxylic acids is 2. The zero-order valence-corrected chi connectivity index (χ0v) is 11.8. The minimum Gasteiger partial charge on any atom is -0.481 e. The molecule has 8 nitrogen and oxygen atoms in total. The van der Waals surface area contributed by atoms with Crippen LogP contribution in [0.25, 0.3) is 0 Å². The van der Waals surface area contributed by atoms with Gasteiger partial charge in [0.1, 0.15) is 12.2 Å². The second kappa shape index (κ2) is 7.05. The number of hydrogen-bond acceptors (Lipinski definition) is 6. The van der Waals surface area contributed by atoms with E-state index in [9.17, 15) is 19.2 Å². The van der Waals surface area contributed by atoms with Crippen molar-refractivity contribution in [3.8, 4) is 0 Å². The summed E-state index contributed by atoms with van der Waals surface area (Å²) < 4.78 is 10.0. The standard InChI is InChI=1S/C13H18O8/c1-6(14)20-10-4-8(12(16)17)3-9(13(18)19)5-11(10)21-7(2)15/h8-11H,3-5H2,1-2H3,(H,16,17)(H,18,19)/t8-,9+,10-,11+. The van der Waals surface area contributed by atoms with Gasteiger partial charge in [0.05, 0.1) is 11.8 Å². The van der Waals surface area contributed by atoms with Crippen LogP contribution in [0.2, 0.25) is 0 Å². The van der Waals surface area contributed by atoms with Crippen LogP contribution in [0.5, 0.6) is 0 Å². The molecule has 0 aliphatic heterocycles. The van der Waals surface area contributed by atoms with Crippen LogP contribution < -0.4 is 0 Å². The second-order valence-electron chi connectivity index (χ2n) is 5.07. The van der Waals surface area contributed by atoms with E-state index in [0.717, 1.165) is 13.8 Å². The van der Waals surface area contributed by atoms with Gasteiger partial charge < -0.3 is 19.7 Å². The molecule has 1 saturated carbocycles. The van der Waals surface area contributed by atoms with E-state index in [2.05, 4.69) is 0 Å². The van der Waals surface area contributed by atoms with E-state index in [1.165, 1.54) is 0 Å². The number of carboxylic acids is 2. The minimum absolute atomic E-state index is 0.0867. The average molecular weight is 302 g/mol. The first-order valence-corrected chi connectivity index (χ1v) is 6.50. The summed E-state index contributed by atoms with van der Waals surface area (Å²) in [6.07, 6.45) is -2.19. The Balaban J connectivity index is 3.04. The average Bonchev–Trinajstić information content (AvgIpc) is 2.49. The molecular weight excluding hydrogens is 284 g/mol. The summed E-state index contributed by atoms with van der Waals surface area (Å²) in [5.41, 5.74) is 0. The Kier molecular flexibility index (Phi) is 5.69. The lowest BCUT2D eigenvalue weighted by atomic mass is 9.93. The molecule has 4 atom stereocenters. The summed E-state index contributed by atoms with van der Waals surface area (Å²) in [5.74, 6) is -5.57. The zero-order chi connectivity index (χ0) is 16.2. The molecule has 2 N–H and O–H groups in total. The molecule has 0 spiro atoms. The highest BCUT2D eigenvalue weighted by Crippen LogP contribution is 2.32. The highest BCUT2D eigenvalue weighted by Gasteiger charge is 2.41. The van der Waals surface area contributed by atoms with Gasteiger partial charge in [-0.05, 0) is 6.42 Å². The lowest BCUT2D eigenvalue weighted by Gasteiger charge is -2.25. The van der Waals surface area contributed by atoms with E-state index >= 15 is 0 Å². The van der Waals surface area contributed by atoms with Gasteiger partial charge in [0.2, 0.25) is 0 Å². The first kappa shape index (κ1) is 16.9. The number of esters is 2. The van der Waals surface area contributed by atoms with Crippen LogP contribution in [0, 0.1) is 11.8 Å². The number of aliphatic carboxylic acids is 2. The molecule has 0 aromatic rings. The third kappa shape index (κ3) is 5.05. The van der Waals surface area contributed by atoms with Gasteiger partial charge in [0, 0.05) is 26.7 Å². The molecule has 0 amide bonds. The van der Waals surface area contributed by atoms with Crippen molar-refractivity contribution in [2.45, 2.75) is 45.3 Å². The third-order valence-electron chi connectivity index (χ3n) is 3.35. The quantitative estimate of drug-likeness (QED) is 0.565. The molecular formula is C13H18O8. The Morgan fingerprint density at radius 3 is 1.33 bits per heavy atom.